The van der Waals surface area contributed by atoms with Gasteiger partial charge in [-0.15, -0.1) is 0 Å². The Morgan fingerprint density at radius 2 is 0.711 bits per heavy atom. The maximum absolute atomic E-state index is 2.54. The molecule has 0 heteroatoms. The summed E-state index contributed by atoms with van der Waals surface area (Å²) >= 11 is 0. The van der Waals surface area contributed by atoms with Crippen molar-refractivity contribution in [1.29, 1.82) is 0 Å². The standard InChI is InChI=1S/C38H26/c1-5-17-29-25(13-1)26-14-2-6-18-30(26)37(29)33-21-9-11-23-35(33)38(36-24-12-10-22-34(36)37)31-19-7-3-15-27(31)28-16-4-8-20-32(28)38/h1-3,5-7,9-24H,4,8H2. The van der Waals surface area contributed by atoms with Crippen LogP contribution in [0.1, 0.15) is 57.3 Å². The molecule has 0 nitrogen and oxygen atoms in total. The topological polar surface area (TPSA) is 0 Å². The number of hydrogen-bond donors (Lipinski definition) is 0. The zero-order chi connectivity index (χ0) is 24.9. The summed E-state index contributed by atoms with van der Waals surface area (Å²) in [6.07, 6.45) is 7.23. The molecule has 5 aromatic carbocycles. The van der Waals surface area contributed by atoms with E-state index in [0.29, 0.717) is 0 Å². The molecule has 0 aromatic heterocycles. The molecule has 0 atom stereocenters. The van der Waals surface area contributed by atoms with Crippen molar-refractivity contribution in [2.75, 3.05) is 0 Å². The third-order valence-electron chi connectivity index (χ3n) is 9.60. The molecule has 4 aliphatic carbocycles. The minimum absolute atomic E-state index is 0.312. The molecule has 0 amide bonds. The van der Waals surface area contributed by atoms with Crippen molar-refractivity contribution in [1.82, 2.24) is 0 Å². The molecule has 0 saturated carbocycles. The summed E-state index contributed by atoms with van der Waals surface area (Å²) in [4.78, 5) is 0. The van der Waals surface area contributed by atoms with E-state index >= 15 is 0 Å². The molecule has 0 unspecified atom stereocenters. The van der Waals surface area contributed by atoms with Gasteiger partial charge in [-0.05, 0) is 79.6 Å². The fourth-order valence-electron chi connectivity index (χ4n) is 8.44. The van der Waals surface area contributed by atoms with Crippen LogP contribution < -0.4 is 0 Å². The van der Waals surface area contributed by atoms with Crippen LogP contribution in [0.25, 0.3) is 16.7 Å². The van der Waals surface area contributed by atoms with Gasteiger partial charge in [-0.2, -0.15) is 0 Å². The summed E-state index contributed by atoms with van der Waals surface area (Å²) in [5.41, 5.74) is 16.3. The third kappa shape index (κ3) is 2.14. The normalized spacial score (nSPS) is 18.0. The van der Waals surface area contributed by atoms with Crippen LogP contribution in [0.4, 0.5) is 0 Å². The first-order chi connectivity index (χ1) is 18.9. The van der Waals surface area contributed by atoms with E-state index in [1.54, 1.807) is 0 Å². The van der Waals surface area contributed by atoms with Crippen LogP contribution in [0.5, 0.6) is 0 Å². The van der Waals surface area contributed by atoms with Gasteiger partial charge in [0.15, 0.2) is 0 Å². The Kier molecular flexibility index (Phi) is 3.86. The lowest BCUT2D eigenvalue weighted by atomic mass is 9.52. The first-order valence-electron chi connectivity index (χ1n) is 13.8. The number of allylic oxidation sites excluding steroid dienone is 4. The van der Waals surface area contributed by atoms with Gasteiger partial charge in [-0.25, -0.2) is 0 Å². The molecule has 4 aliphatic rings. The summed E-state index contributed by atoms with van der Waals surface area (Å²) in [5.74, 6) is 0. The van der Waals surface area contributed by atoms with Crippen molar-refractivity contribution in [3.8, 4) is 11.1 Å². The van der Waals surface area contributed by atoms with Gasteiger partial charge in [0, 0.05) is 0 Å². The molecule has 0 fully saturated rings. The molecule has 5 aromatic rings. The Bertz CT molecular complexity index is 1780. The van der Waals surface area contributed by atoms with Crippen LogP contribution >= 0.6 is 0 Å². The average molecular weight is 483 g/mol. The number of benzene rings is 5. The van der Waals surface area contributed by atoms with Crippen molar-refractivity contribution in [3.05, 3.63) is 184 Å². The summed E-state index contributed by atoms with van der Waals surface area (Å²) in [7, 11) is 0. The van der Waals surface area contributed by atoms with Crippen molar-refractivity contribution in [3.63, 3.8) is 0 Å². The van der Waals surface area contributed by atoms with Crippen molar-refractivity contribution >= 4 is 5.57 Å². The van der Waals surface area contributed by atoms with E-state index < -0.39 is 0 Å². The van der Waals surface area contributed by atoms with E-state index in [9.17, 15) is 0 Å². The van der Waals surface area contributed by atoms with Crippen molar-refractivity contribution in [2.45, 2.75) is 23.7 Å². The zero-order valence-electron chi connectivity index (χ0n) is 21.1. The van der Waals surface area contributed by atoms with E-state index in [1.165, 1.54) is 66.8 Å². The van der Waals surface area contributed by atoms with Crippen LogP contribution in [0.3, 0.4) is 0 Å². The predicted molar refractivity (Wildman–Crippen MR) is 155 cm³/mol. The minimum atomic E-state index is -0.345. The lowest BCUT2D eigenvalue weighted by molar-refractivity contribution is 0.630. The summed E-state index contributed by atoms with van der Waals surface area (Å²) < 4.78 is 0. The van der Waals surface area contributed by atoms with Gasteiger partial charge < -0.3 is 0 Å². The smallest absolute Gasteiger partial charge is 0.0720 e. The molecule has 38 heavy (non-hydrogen) atoms. The van der Waals surface area contributed by atoms with Crippen molar-refractivity contribution < 1.29 is 0 Å². The van der Waals surface area contributed by atoms with Gasteiger partial charge in [-0.3, -0.25) is 0 Å². The molecule has 0 saturated heterocycles. The molecule has 9 rings (SSSR count). The molecule has 2 spiro atoms. The Hall–Kier alpha value is -4.42. The molecule has 0 bridgehead atoms. The Balaban J connectivity index is 1.52. The van der Waals surface area contributed by atoms with Gasteiger partial charge in [0.25, 0.3) is 0 Å². The minimum Gasteiger partial charge on any atom is -0.0788 e. The Morgan fingerprint density at radius 3 is 1.24 bits per heavy atom. The lowest BCUT2D eigenvalue weighted by Crippen LogP contribution is -2.43. The first kappa shape index (κ1) is 20.6. The van der Waals surface area contributed by atoms with Gasteiger partial charge in [-0.1, -0.05) is 133 Å². The number of hydrogen-bond acceptors (Lipinski definition) is 0. The lowest BCUT2D eigenvalue weighted by Gasteiger charge is -2.49. The van der Waals surface area contributed by atoms with Crippen LogP contribution in [0.2, 0.25) is 0 Å². The van der Waals surface area contributed by atoms with Crippen LogP contribution in [0, 0.1) is 0 Å². The van der Waals surface area contributed by atoms with Crippen LogP contribution in [-0.4, -0.2) is 0 Å². The van der Waals surface area contributed by atoms with E-state index in [1.807, 2.05) is 0 Å². The molecule has 0 N–H and O–H groups in total. The maximum Gasteiger partial charge on any atom is 0.0720 e. The summed E-state index contributed by atoms with van der Waals surface area (Å²) in [6.45, 7) is 0. The second kappa shape index (κ2) is 7.11. The quantitative estimate of drug-likeness (QED) is 0.203. The molecule has 0 heterocycles. The van der Waals surface area contributed by atoms with Crippen LogP contribution in [0.15, 0.2) is 139 Å². The summed E-state index contributed by atoms with van der Waals surface area (Å²) in [6, 6.07) is 46.0. The molecule has 0 aliphatic heterocycles. The second-order valence-corrected chi connectivity index (χ2v) is 11.0. The molecular weight excluding hydrogens is 456 g/mol. The molecule has 0 radical (unpaired) electrons. The average Bonchev–Trinajstić information content (AvgIpc) is 3.46. The highest BCUT2D eigenvalue weighted by Crippen LogP contribution is 2.68. The Morgan fingerprint density at radius 1 is 0.342 bits per heavy atom. The van der Waals surface area contributed by atoms with Gasteiger partial charge in [0.2, 0.25) is 0 Å². The SMILES string of the molecule is C1=C2C(=CCC1)C1(c3ccccc32)c2ccccc2C2(c3ccccc3-c3ccccc32)c2ccccc21. The summed E-state index contributed by atoms with van der Waals surface area (Å²) in [5, 5.41) is 0. The fraction of sp³-hybridized carbons (Fsp3) is 0.105. The van der Waals surface area contributed by atoms with Crippen molar-refractivity contribution in [2.24, 2.45) is 0 Å². The first-order valence-corrected chi connectivity index (χ1v) is 13.8. The van der Waals surface area contributed by atoms with Gasteiger partial charge in [0.1, 0.15) is 0 Å². The Labute approximate surface area is 223 Å². The predicted octanol–water partition coefficient (Wildman–Crippen LogP) is 8.81. The highest BCUT2D eigenvalue weighted by Gasteiger charge is 2.59. The van der Waals surface area contributed by atoms with E-state index in [2.05, 4.69) is 133 Å². The molecular formula is C38H26. The third-order valence-corrected chi connectivity index (χ3v) is 9.60. The second-order valence-electron chi connectivity index (χ2n) is 11.0. The fourth-order valence-corrected chi connectivity index (χ4v) is 8.44. The zero-order valence-corrected chi connectivity index (χ0v) is 21.1. The van der Waals surface area contributed by atoms with Gasteiger partial charge >= 0.3 is 0 Å². The molecule has 178 valence electrons. The van der Waals surface area contributed by atoms with Gasteiger partial charge in [0.05, 0.1) is 10.8 Å². The highest BCUT2D eigenvalue weighted by molar-refractivity contribution is 5.98. The largest absolute Gasteiger partial charge is 0.0788 e. The van der Waals surface area contributed by atoms with Crippen LogP contribution in [-0.2, 0) is 10.8 Å². The monoisotopic (exact) mass is 482 g/mol. The highest BCUT2D eigenvalue weighted by atomic mass is 14.6. The maximum atomic E-state index is 2.54. The van der Waals surface area contributed by atoms with E-state index in [4.69, 9.17) is 0 Å². The van der Waals surface area contributed by atoms with E-state index in [0.717, 1.165) is 12.8 Å². The van der Waals surface area contributed by atoms with E-state index in [-0.39, 0.29) is 10.8 Å². The number of rotatable bonds is 0. The number of fused-ring (bicyclic) bond motifs is 16.